The van der Waals surface area contributed by atoms with E-state index in [0.29, 0.717) is 12.1 Å². The molecule has 0 aliphatic heterocycles. The summed E-state index contributed by atoms with van der Waals surface area (Å²) in [5.41, 5.74) is 0. The third-order valence-electron chi connectivity index (χ3n) is 3.92. The van der Waals surface area contributed by atoms with E-state index in [-0.39, 0.29) is 0 Å². The monoisotopic (exact) mass is 235 g/mol. The molecule has 0 aromatic heterocycles. The molecular formula is C16H29N. The van der Waals surface area contributed by atoms with Crippen molar-refractivity contribution in [3.05, 3.63) is 0 Å². The average molecular weight is 235 g/mol. The van der Waals surface area contributed by atoms with E-state index in [1.807, 2.05) is 0 Å². The van der Waals surface area contributed by atoms with Gasteiger partial charge in [0.25, 0.3) is 0 Å². The zero-order chi connectivity index (χ0) is 12.7. The second-order valence-corrected chi connectivity index (χ2v) is 6.04. The first kappa shape index (κ1) is 14.6. The summed E-state index contributed by atoms with van der Waals surface area (Å²) in [7, 11) is 0. The van der Waals surface area contributed by atoms with Gasteiger partial charge >= 0.3 is 0 Å². The van der Waals surface area contributed by atoms with Crippen molar-refractivity contribution in [2.75, 3.05) is 0 Å². The highest BCUT2D eigenvalue weighted by atomic mass is 14.9. The van der Waals surface area contributed by atoms with Gasteiger partial charge in [0.05, 0.1) is 0 Å². The van der Waals surface area contributed by atoms with Crippen LogP contribution in [-0.2, 0) is 0 Å². The van der Waals surface area contributed by atoms with Crippen molar-refractivity contribution in [2.45, 2.75) is 77.8 Å². The quantitative estimate of drug-likeness (QED) is 0.687. The van der Waals surface area contributed by atoms with Gasteiger partial charge in [-0.05, 0) is 37.5 Å². The van der Waals surface area contributed by atoms with Crippen LogP contribution in [0.15, 0.2) is 0 Å². The predicted octanol–water partition coefficient (Wildman–Crippen LogP) is 3.98. The molecule has 1 fully saturated rings. The predicted molar refractivity (Wildman–Crippen MR) is 75.9 cm³/mol. The van der Waals surface area contributed by atoms with Crippen LogP contribution in [0.2, 0.25) is 0 Å². The van der Waals surface area contributed by atoms with Gasteiger partial charge in [-0.2, -0.15) is 0 Å². The summed E-state index contributed by atoms with van der Waals surface area (Å²) in [5.74, 6) is 4.56. The fourth-order valence-corrected chi connectivity index (χ4v) is 3.12. The second kappa shape index (κ2) is 7.77. The number of hydrogen-bond donors (Lipinski definition) is 1. The van der Waals surface area contributed by atoms with Gasteiger partial charge in [0, 0.05) is 18.5 Å². The summed E-state index contributed by atoms with van der Waals surface area (Å²) in [6.07, 6.45) is 14.4. The van der Waals surface area contributed by atoms with Crippen LogP contribution in [0.4, 0.5) is 0 Å². The molecule has 0 heterocycles. The van der Waals surface area contributed by atoms with E-state index in [1.54, 1.807) is 0 Å². The van der Waals surface area contributed by atoms with Crippen LogP contribution in [0.3, 0.4) is 0 Å². The Morgan fingerprint density at radius 2 is 2.12 bits per heavy atom. The summed E-state index contributed by atoms with van der Waals surface area (Å²) in [6, 6.07) is 1.24. The molecule has 1 N–H and O–H groups in total. The highest BCUT2D eigenvalue weighted by Gasteiger charge is 2.23. The minimum absolute atomic E-state index is 0.530. The first-order chi connectivity index (χ1) is 8.15. The molecular weight excluding hydrogens is 206 g/mol. The Bertz CT molecular complexity index is 238. The van der Waals surface area contributed by atoms with Crippen LogP contribution in [-0.4, -0.2) is 12.1 Å². The van der Waals surface area contributed by atoms with E-state index in [1.165, 1.54) is 32.1 Å². The lowest BCUT2D eigenvalue weighted by molar-refractivity contribution is 0.238. The summed E-state index contributed by atoms with van der Waals surface area (Å²) >= 11 is 0. The highest BCUT2D eigenvalue weighted by molar-refractivity contribution is 4.91. The minimum atomic E-state index is 0.530. The molecule has 98 valence electrons. The Labute approximate surface area is 108 Å². The molecule has 3 atom stereocenters. The van der Waals surface area contributed by atoms with Crippen LogP contribution in [0.1, 0.15) is 65.7 Å². The maximum absolute atomic E-state index is 5.41. The van der Waals surface area contributed by atoms with Crippen LogP contribution in [0.25, 0.3) is 0 Å². The van der Waals surface area contributed by atoms with Gasteiger partial charge in [-0.25, -0.2) is 0 Å². The fraction of sp³-hybridized carbons (Fsp3) is 0.875. The molecule has 0 spiro atoms. The van der Waals surface area contributed by atoms with Crippen molar-refractivity contribution >= 4 is 0 Å². The van der Waals surface area contributed by atoms with Gasteiger partial charge in [0.15, 0.2) is 0 Å². The van der Waals surface area contributed by atoms with E-state index in [2.05, 4.69) is 32.0 Å². The number of rotatable bonds is 6. The van der Waals surface area contributed by atoms with Gasteiger partial charge in [0.1, 0.15) is 0 Å². The summed E-state index contributed by atoms with van der Waals surface area (Å²) in [6.45, 7) is 6.90. The second-order valence-electron chi connectivity index (χ2n) is 6.04. The Kier molecular flexibility index (Phi) is 6.66. The van der Waals surface area contributed by atoms with Gasteiger partial charge in [0.2, 0.25) is 0 Å². The van der Waals surface area contributed by atoms with E-state index >= 15 is 0 Å². The van der Waals surface area contributed by atoms with Gasteiger partial charge < -0.3 is 5.32 Å². The molecule has 1 aliphatic carbocycles. The lowest BCUT2D eigenvalue weighted by Crippen LogP contribution is -2.41. The zero-order valence-corrected chi connectivity index (χ0v) is 11.8. The molecule has 0 amide bonds. The molecule has 0 bridgehead atoms. The maximum atomic E-state index is 5.41. The first-order valence-electron chi connectivity index (χ1n) is 7.35. The first-order valence-corrected chi connectivity index (χ1v) is 7.35. The van der Waals surface area contributed by atoms with Crippen LogP contribution in [0, 0.1) is 24.2 Å². The third-order valence-corrected chi connectivity index (χ3v) is 3.92. The lowest BCUT2D eigenvalue weighted by Gasteiger charge is -2.33. The number of nitrogens with one attached hydrogen (secondary N) is 1. The van der Waals surface area contributed by atoms with Gasteiger partial charge in [-0.3, -0.25) is 0 Å². The molecule has 0 radical (unpaired) electrons. The van der Waals surface area contributed by atoms with Crippen molar-refractivity contribution in [2.24, 2.45) is 11.8 Å². The molecule has 17 heavy (non-hydrogen) atoms. The number of hydrogen-bond acceptors (Lipinski definition) is 1. The normalized spacial score (nSPS) is 26.8. The molecule has 0 aromatic carbocycles. The molecule has 1 rings (SSSR count). The minimum Gasteiger partial charge on any atom is -0.310 e. The molecule has 3 unspecified atom stereocenters. The topological polar surface area (TPSA) is 12.0 Å². The largest absolute Gasteiger partial charge is 0.310 e. The highest BCUT2D eigenvalue weighted by Crippen LogP contribution is 2.29. The van der Waals surface area contributed by atoms with Gasteiger partial charge in [-0.1, -0.05) is 33.6 Å². The Morgan fingerprint density at radius 3 is 2.71 bits per heavy atom. The van der Waals surface area contributed by atoms with Crippen LogP contribution >= 0.6 is 0 Å². The van der Waals surface area contributed by atoms with E-state index in [0.717, 1.165) is 24.7 Å². The van der Waals surface area contributed by atoms with E-state index < -0.39 is 0 Å². The Hall–Kier alpha value is -0.480. The van der Waals surface area contributed by atoms with Gasteiger partial charge in [-0.15, -0.1) is 12.3 Å². The Morgan fingerprint density at radius 1 is 1.35 bits per heavy atom. The summed E-state index contributed by atoms with van der Waals surface area (Å²) in [5, 5.41) is 3.77. The Balaban J connectivity index is 2.35. The third kappa shape index (κ3) is 5.59. The van der Waals surface area contributed by atoms with Crippen molar-refractivity contribution in [3.63, 3.8) is 0 Å². The molecule has 0 saturated heterocycles. The van der Waals surface area contributed by atoms with E-state index in [9.17, 15) is 0 Å². The smallest absolute Gasteiger partial charge is 0.0240 e. The van der Waals surface area contributed by atoms with Crippen molar-refractivity contribution in [1.29, 1.82) is 0 Å². The summed E-state index contributed by atoms with van der Waals surface area (Å²) in [4.78, 5) is 0. The molecule has 1 nitrogen and oxygen atoms in total. The molecule has 0 aromatic rings. The summed E-state index contributed by atoms with van der Waals surface area (Å²) < 4.78 is 0. The maximum Gasteiger partial charge on any atom is 0.0240 e. The van der Waals surface area contributed by atoms with Crippen molar-refractivity contribution < 1.29 is 0 Å². The lowest BCUT2D eigenvalue weighted by atomic mass is 9.81. The molecule has 1 saturated carbocycles. The van der Waals surface area contributed by atoms with Crippen LogP contribution < -0.4 is 5.32 Å². The zero-order valence-electron chi connectivity index (χ0n) is 11.8. The van der Waals surface area contributed by atoms with Crippen LogP contribution in [0.5, 0.6) is 0 Å². The number of terminal acetylenes is 1. The standard InChI is InChI=1S/C16H29N/c1-5-8-15(6-2)17-16-10-7-9-14(12-16)11-13(3)4/h1,13-17H,6-12H2,2-4H3. The average Bonchev–Trinajstić information content (AvgIpc) is 2.28. The molecule has 1 aliphatic rings. The SMILES string of the molecule is C#CCC(CC)NC1CCCC(CC(C)C)C1. The molecule has 1 heteroatoms. The van der Waals surface area contributed by atoms with E-state index in [4.69, 9.17) is 6.42 Å². The van der Waals surface area contributed by atoms with Crippen molar-refractivity contribution in [1.82, 2.24) is 5.32 Å². The van der Waals surface area contributed by atoms with Crippen molar-refractivity contribution in [3.8, 4) is 12.3 Å². The fourth-order valence-electron chi connectivity index (χ4n) is 3.12.